The largest absolute Gasteiger partial charge is 0.494 e. The summed E-state index contributed by atoms with van der Waals surface area (Å²) in [6.45, 7) is 5.19. The predicted octanol–water partition coefficient (Wildman–Crippen LogP) is 5.68. The van der Waals surface area contributed by atoms with Gasteiger partial charge < -0.3 is 4.74 Å². The van der Waals surface area contributed by atoms with E-state index in [1.54, 1.807) is 0 Å². The number of rotatable bonds is 7. The molecule has 2 aromatic rings. The molecule has 0 bridgehead atoms. The van der Waals surface area contributed by atoms with E-state index in [-0.39, 0.29) is 0 Å². The number of allylic oxidation sites excluding steroid dienone is 1. The normalized spacial score (nSPS) is 12.5. The first kappa shape index (κ1) is 15.4. The van der Waals surface area contributed by atoms with Crippen LogP contribution in [0.5, 0.6) is 5.75 Å². The smallest absolute Gasteiger partial charge is 0.119 e. The Labute approximate surface area is 128 Å². The van der Waals surface area contributed by atoms with E-state index in [0.29, 0.717) is 5.92 Å². The summed E-state index contributed by atoms with van der Waals surface area (Å²) in [7, 11) is 0. The minimum absolute atomic E-state index is 0.413. The number of unbranched alkanes of at least 4 members (excludes halogenated alkanes) is 1. The monoisotopic (exact) mass is 280 g/mol. The van der Waals surface area contributed by atoms with Crippen LogP contribution in [0.15, 0.2) is 60.7 Å². The minimum Gasteiger partial charge on any atom is -0.494 e. The van der Waals surface area contributed by atoms with Crippen LogP contribution in [0.2, 0.25) is 0 Å². The molecule has 1 heteroatoms. The Kier molecular flexibility index (Phi) is 6.08. The van der Waals surface area contributed by atoms with Crippen molar-refractivity contribution in [3.05, 3.63) is 71.8 Å². The van der Waals surface area contributed by atoms with Crippen molar-refractivity contribution in [2.45, 2.75) is 32.6 Å². The van der Waals surface area contributed by atoms with Gasteiger partial charge in [0.1, 0.15) is 5.75 Å². The maximum absolute atomic E-state index is 5.74. The summed E-state index contributed by atoms with van der Waals surface area (Å²) >= 11 is 0. The van der Waals surface area contributed by atoms with Gasteiger partial charge in [-0.1, -0.05) is 74.9 Å². The molecule has 0 aliphatic rings. The molecule has 2 rings (SSSR count). The molecule has 0 heterocycles. The predicted molar refractivity (Wildman–Crippen MR) is 90.7 cm³/mol. The topological polar surface area (TPSA) is 9.23 Å². The molecule has 1 atom stereocenters. The second-order valence-electron chi connectivity index (χ2n) is 5.33. The lowest BCUT2D eigenvalue weighted by Gasteiger charge is -2.07. The summed E-state index contributed by atoms with van der Waals surface area (Å²) in [6, 6.07) is 18.8. The molecule has 110 valence electrons. The zero-order chi connectivity index (χ0) is 14.9. The second kappa shape index (κ2) is 8.31. The van der Waals surface area contributed by atoms with Gasteiger partial charge in [0.05, 0.1) is 6.61 Å². The number of hydrogen-bond acceptors (Lipinski definition) is 1. The summed E-state index contributed by atoms with van der Waals surface area (Å²) in [6.07, 6.45) is 6.67. The van der Waals surface area contributed by atoms with Crippen LogP contribution < -0.4 is 4.74 Å². The highest BCUT2D eigenvalue weighted by atomic mass is 16.5. The lowest BCUT2D eigenvalue weighted by Crippen LogP contribution is -1.96. The third kappa shape index (κ3) is 5.11. The first-order valence-corrected chi connectivity index (χ1v) is 7.75. The first-order valence-electron chi connectivity index (χ1n) is 7.75. The summed E-state index contributed by atoms with van der Waals surface area (Å²) in [5.41, 5.74) is 2.52. The maximum Gasteiger partial charge on any atom is 0.119 e. The van der Waals surface area contributed by atoms with Gasteiger partial charge in [-0.3, -0.25) is 0 Å². The van der Waals surface area contributed by atoms with E-state index in [0.717, 1.165) is 25.2 Å². The van der Waals surface area contributed by atoms with E-state index in [2.05, 4.69) is 68.5 Å². The molecule has 0 saturated heterocycles. The van der Waals surface area contributed by atoms with Crippen LogP contribution in [0, 0.1) is 0 Å². The van der Waals surface area contributed by atoms with Crippen LogP contribution in [-0.2, 0) is 0 Å². The minimum atomic E-state index is 0.413. The zero-order valence-electron chi connectivity index (χ0n) is 13.0. The summed E-state index contributed by atoms with van der Waals surface area (Å²) in [4.78, 5) is 0. The third-order valence-electron chi connectivity index (χ3n) is 3.53. The second-order valence-corrected chi connectivity index (χ2v) is 5.33. The molecule has 1 unspecified atom stereocenters. The van der Waals surface area contributed by atoms with Crippen LogP contribution in [0.3, 0.4) is 0 Å². The van der Waals surface area contributed by atoms with Gasteiger partial charge in [0.15, 0.2) is 0 Å². The lowest BCUT2D eigenvalue weighted by molar-refractivity contribution is 0.309. The molecule has 0 fully saturated rings. The van der Waals surface area contributed by atoms with E-state index in [4.69, 9.17) is 4.74 Å². The van der Waals surface area contributed by atoms with Crippen molar-refractivity contribution < 1.29 is 4.74 Å². The number of ether oxygens (including phenoxy) is 1. The van der Waals surface area contributed by atoms with Crippen LogP contribution >= 0.6 is 0 Å². The van der Waals surface area contributed by atoms with Gasteiger partial charge in [0.25, 0.3) is 0 Å². The molecule has 0 aromatic heterocycles. The summed E-state index contributed by atoms with van der Waals surface area (Å²) in [5, 5.41) is 0. The molecule has 0 N–H and O–H groups in total. The molecule has 2 aromatic carbocycles. The number of hydrogen-bond donors (Lipinski definition) is 0. The van der Waals surface area contributed by atoms with Gasteiger partial charge >= 0.3 is 0 Å². The lowest BCUT2D eigenvalue weighted by atomic mass is 10.00. The van der Waals surface area contributed by atoms with E-state index in [1.807, 2.05) is 12.1 Å². The van der Waals surface area contributed by atoms with Crippen molar-refractivity contribution in [2.75, 3.05) is 6.61 Å². The van der Waals surface area contributed by atoms with Crippen LogP contribution in [0.25, 0.3) is 6.08 Å². The van der Waals surface area contributed by atoms with Crippen molar-refractivity contribution >= 4 is 6.08 Å². The third-order valence-corrected chi connectivity index (χ3v) is 3.53. The zero-order valence-corrected chi connectivity index (χ0v) is 13.0. The summed E-state index contributed by atoms with van der Waals surface area (Å²) < 4.78 is 5.74. The Bertz CT molecular complexity index is 557. The highest BCUT2D eigenvalue weighted by molar-refractivity contribution is 5.53. The standard InChI is InChI=1S/C20H24O/c1-3-4-15-21-20-12-8-9-18(16-20)14-13-17(2)19-10-6-5-7-11-19/h5-14,16-17H,3-4,15H2,1-2H3. The SMILES string of the molecule is CCCCOc1cccc(C=CC(C)c2ccccc2)c1. The van der Waals surface area contributed by atoms with Crippen LogP contribution in [0.1, 0.15) is 43.7 Å². The Balaban J connectivity index is 1.98. The van der Waals surface area contributed by atoms with Crippen molar-refractivity contribution in [3.63, 3.8) is 0 Å². The molecule has 21 heavy (non-hydrogen) atoms. The first-order chi connectivity index (χ1) is 10.3. The molecule has 0 aliphatic carbocycles. The Hall–Kier alpha value is -2.02. The van der Waals surface area contributed by atoms with Crippen molar-refractivity contribution in [1.29, 1.82) is 0 Å². The fourth-order valence-corrected chi connectivity index (χ4v) is 2.17. The van der Waals surface area contributed by atoms with E-state index < -0.39 is 0 Å². The molecular weight excluding hydrogens is 256 g/mol. The average molecular weight is 280 g/mol. The van der Waals surface area contributed by atoms with Crippen molar-refractivity contribution in [3.8, 4) is 5.75 Å². The van der Waals surface area contributed by atoms with Gasteiger partial charge in [0, 0.05) is 0 Å². The van der Waals surface area contributed by atoms with Crippen molar-refractivity contribution in [1.82, 2.24) is 0 Å². The summed E-state index contributed by atoms with van der Waals surface area (Å²) in [5.74, 6) is 1.37. The van der Waals surface area contributed by atoms with Gasteiger partial charge in [-0.25, -0.2) is 0 Å². The van der Waals surface area contributed by atoms with Crippen molar-refractivity contribution in [2.24, 2.45) is 0 Å². The quantitative estimate of drug-likeness (QED) is 0.593. The fourth-order valence-electron chi connectivity index (χ4n) is 2.17. The fraction of sp³-hybridized carbons (Fsp3) is 0.300. The molecular formula is C20H24O. The van der Waals surface area contributed by atoms with Crippen LogP contribution in [-0.4, -0.2) is 6.61 Å². The molecule has 0 saturated carbocycles. The highest BCUT2D eigenvalue weighted by Crippen LogP contribution is 2.19. The Morgan fingerprint density at radius 2 is 1.86 bits per heavy atom. The maximum atomic E-state index is 5.74. The molecule has 0 amide bonds. The highest BCUT2D eigenvalue weighted by Gasteiger charge is 2.00. The van der Waals surface area contributed by atoms with Gasteiger partial charge in [-0.2, -0.15) is 0 Å². The van der Waals surface area contributed by atoms with Gasteiger partial charge in [0.2, 0.25) is 0 Å². The number of benzene rings is 2. The van der Waals surface area contributed by atoms with Gasteiger partial charge in [-0.05, 0) is 35.6 Å². The van der Waals surface area contributed by atoms with Gasteiger partial charge in [-0.15, -0.1) is 0 Å². The molecule has 0 aliphatic heterocycles. The van der Waals surface area contributed by atoms with Crippen LogP contribution in [0.4, 0.5) is 0 Å². The van der Waals surface area contributed by atoms with E-state index in [9.17, 15) is 0 Å². The Morgan fingerprint density at radius 1 is 1.05 bits per heavy atom. The Morgan fingerprint density at radius 3 is 2.62 bits per heavy atom. The molecule has 0 spiro atoms. The van der Waals surface area contributed by atoms with E-state index in [1.165, 1.54) is 11.1 Å². The van der Waals surface area contributed by atoms with E-state index >= 15 is 0 Å². The molecule has 0 radical (unpaired) electrons. The average Bonchev–Trinajstić information content (AvgIpc) is 2.54. The molecule has 1 nitrogen and oxygen atoms in total.